The van der Waals surface area contributed by atoms with E-state index >= 15 is 0 Å². The summed E-state index contributed by atoms with van der Waals surface area (Å²) in [4.78, 5) is 19.3. The summed E-state index contributed by atoms with van der Waals surface area (Å²) >= 11 is 0. The lowest BCUT2D eigenvalue weighted by atomic mass is 10.3. The molecule has 0 aromatic carbocycles. The maximum absolute atomic E-state index is 10.7. The number of carboxylic acid groups (broad SMARTS) is 1. The van der Waals surface area contributed by atoms with Gasteiger partial charge in [0, 0.05) is 45.0 Å². The molecule has 104 valence electrons. The van der Waals surface area contributed by atoms with Crippen LogP contribution in [-0.2, 0) is 11.3 Å². The van der Waals surface area contributed by atoms with Crippen molar-refractivity contribution in [2.45, 2.75) is 25.4 Å². The van der Waals surface area contributed by atoms with Crippen molar-refractivity contribution in [1.82, 2.24) is 19.4 Å². The van der Waals surface area contributed by atoms with Crippen molar-refractivity contribution in [2.75, 3.05) is 32.7 Å². The van der Waals surface area contributed by atoms with Crippen molar-refractivity contribution >= 4 is 5.97 Å². The third kappa shape index (κ3) is 3.13. The molecule has 2 aliphatic rings. The van der Waals surface area contributed by atoms with Crippen LogP contribution in [0.2, 0.25) is 0 Å². The first-order valence-electron chi connectivity index (χ1n) is 6.89. The quantitative estimate of drug-likeness (QED) is 0.835. The first kappa shape index (κ1) is 12.6. The second kappa shape index (κ2) is 5.30. The van der Waals surface area contributed by atoms with E-state index in [0.717, 1.165) is 32.7 Å². The molecule has 1 aromatic heterocycles. The van der Waals surface area contributed by atoms with E-state index in [1.807, 2.05) is 17.4 Å². The Morgan fingerprint density at radius 2 is 1.95 bits per heavy atom. The SMILES string of the molecule is O=C(O)CN1CCN(Cc2cncn2C2CC2)CC1. The molecule has 1 aliphatic heterocycles. The topological polar surface area (TPSA) is 61.6 Å². The summed E-state index contributed by atoms with van der Waals surface area (Å²) in [6, 6.07) is 0.672. The third-order valence-corrected chi connectivity index (χ3v) is 3.90. The number of carboxylic acids is 1. The maximum Gasteiger partial charge on any atom is 0.317 e. The molecule has 1 saturated carbocycles. The molecule has 1 aromatic rings. The van der Waals surface area contributed by atoms with E-state index in [1.165, 1.54) is 18.5 Å². The molecular weight excluding hydrogens is 244 g/mol. The molecule has 3 rings (SSSR count). The molecule has 0 bridgehead atoms. The number of aliphatic carboxylic acids is 1. The molecule has 19 heavy (non-hydrogen) atoms. The molecule has 2 heterocycles. The molecule has 1 aliphatic carbocycles. The highest BCUT2D eigenvalue weighted by Gasteiger charge is 2.26. The van der Waals surface area contributed by atoms with Crippen LogP contribution in [0.4, 0.5) is 0 Å². The summed E-state index contributed by atoms with van der Waals surface area (Å²) in [5.41, 5.74) is 1.29. The van der Waals surface area contributed by atoms with Crippen molar-refractivity contribution in [1.29, 1.82) is 0 Å². The Labute approximate surface area is 112 Å². The third-order valence-electron chi connectivity index (χ3n) is 3.90. The minimum absolute atomic E-state index is 0.161. The van der Waals surface area contributed by atoms with Gasteiger partial charge in [0.25, 0.3) is 0 Å². The predicted molar refractivity (Wildman–Crippen MR) is 69.9 cm³/mol. The maximum atomic E-state index is 10.7. The Bertz CT molecular complexity index is 447. The lowest BCUT2D eigenvalue weighted by Gasteiger charge is -2.33. The fraction of sp³-hybridized carbons (Fsp3) is 0.692. The molecule has 0 amide bonds. The van der Waals surface area contributed by atoms with Crippen LogP contribution in [0.1, 0.15) is 24.6 Å². The largest absolute Gasteiger partial charge is 0.480 e. The number of aromatic nitrogens is 2. The van der Waals surface area contributed by atoms with Crippen molar-refractivity contribution < 1.29 is 9.90 Å². The van der Waals surface area contributed by atoms with Crippen LogP contribution < -0.4 is 0 Å². The molecule has 2 fully saturated rings. The van der Waals surface area contributed by atoms with Gasteiger partial charge in [0.2, 0.25) is 0 Å². The first-order chi connectivity index (χ1) is 9.22. The average molecular weight is 264 g/mol. The van der Waals surface area contributed by atoms with Crippen LogP contribution in [0.5, 0.6) is 0 Å². The number of imidazole rings is 1. The Morgan fingerprint density at radius 3 is 2.58 bits per heavy atom. The number of nitrogens with zero attached hydrogens (tertiary/aromatic N) is 4. The lowest BCUT2D eigenvalue weighted by Crippen LogP contribution is -2.47. The highest BCUT2D eigenvalue weighted by molar-refractivity contribution is 5.69. The molecule has 1 N–H and O–H groups in total. The zero-order valence-corrected chi connectivity index (χ0v) is 11.0. The fourth-order valence-electron chi connectivity index (χ4n) is 2.66. The zero-order valence-electron chi connectivity index (χ0n) is 11.0. The van der Waals surface area contributed by atoms with Crippen molar-refractivity contribution in [3.8, 4) is 0 Å². The lowest BCUT2D eigenvalue weighted by molar-refractivity contribution is -0.138. The van der Waals surface area contributed by atoms with Gasteiger partial charge in [0.05, 0.1) is 18.6 Å². The molecule has 6 nitrogen and oxygen atoms in total. The van der Waals surface area contributed by atoms with E-state index in [4.69, 9.17) is 5.11 Å². The summed E-state index contributed by atoms with van der Waals surface area (Å²) in [5.74, 6) is -0.736. The minimum atomic E-state index is -0.736. The van der Waals surface area contributed by atoms with Crippen molar-refractivity contribution in [3.63, 3.8) is 0 Å². The molecule has 0 spiro atoms. The molecule has 0 atom stereocenters. The Morgan fingerprint density at radius 1 is 1.26 bits per heavy atom. The van der Waals surface area contributed by atoms with Gasteiger partial charge >= 0.3 is 5.97 Å². The van der Waals surface area contributed by atoms with E-state index in [9.17, 15) is 4.79 Å². The number of carbonyl (C=O) groups is 1. The number of rotatable bonds is 5. The van der Waals surface area contributed by atoms with Crippen LogP contribution >= 0.6 is 0 Å². The second-order valence-corrected chi connectivity index (χ2v) is 5.47. The van der Waals surface area contributed by atoms with Gasteiger partial charge in [-0.3, -0.25) is 14.6 Å². The highest BCUT2D eigenvalue weighted by Crippen LogP contribution is 2.35. The van der Waals surface area contributed by atoms with Gasteiger partial charge in [-0.2, -0.15) is 0 Å². The zero-order chi connectivity index (χ0) is 13.2. The summed E-state index contributed by atoms with van der Waals surface area (Å²) in [6.07, 6.45) is 6.45. The van der Waals surface area contributed by atoms with E-state index < -0.39 is 5.97 Å². The van der Waals surface area contributed by atoms with Crippen molar-refractivity contribution in [3.05, 3.63) is 18.2 Å². The van der Waals surface area contributed by atoms with E-state index in [2.05, 4.69) is 14.5 Å². The van der Waals surface area contributed by atoms with Gasteiger partial charge in [-0.05, 0) is 12.8 Å². The van der Waals surface area contributed by atoms with Gasteiger partial charge in [-0.15, -0.1) is 0 Å². The molecule has 1 saturated heterocycles. The highest BCUT2D eigenvalue weighted by atomic mass is 16.4. The summed E-state index contributed by atoms with van der Waals surface area (Å²) < 4.78 is 2.30. The van der Waals surface area contributed by atoms with Gasteiger partial charge in [-0.25, -0.2) is 4.98 Å². The van der Waals surface area contributed by atoms with Gasteiger partial charge < -0.3 is 9.67 Å². The Balaban J connectivity index is 1.51. The molecule has 0 radical (unpaired) electrons. The fourth-order valence-corrected chi connectivity index (χ4v) is 2.66. The summed E-state index contributed by atoms with van der Waals surface area (Å²) in [5, 5.41) is 8.78. The average Bonchev–Trinajstić information content (AvgIpc) is 3.12. The van der Waals surface area contributed by atoms with Crippen LogP contribution in [0.3, 0.4) is 0 Å². The van der Waals surface area contributed by atoms with E-state index in [-0.39, 0.29) is 6.54 Å². The normalized spacial score (nSPS) is 21.7. The molecule has 0 unspecified atom stereocenters. The predicted octanol–water partition coefficient (Wildman–Crippen LogP) is 0.420. The molecular formula is C13H20N4O2. The Kier molecular flexibility index (Phi) is 3.52. The van der Waals surface area contributed by atoms with Crippen LogP contribution in [0.25, 0.3) is 0 Å². The second-order valence-electron chi connectivity index (χ2n) is 5.47. The number of piperazine rings is 1. The van der Waals surface area contributed by atoms with Crippen molar-refractivity contribution in [2.24, 2.45) is 0 Å². The van der Waals surface area contributed by atoms with Gasteiger partial charge in [0.15, 0.2) is 0 Å². The number of hydrogen-bond acceptors (Lipinski definition) is 4. The van der Waals surface area contributed by atoms with Gasteiger partial charge in [-0.1, -0.05) is 0 Å². The number of hydrogen-bond donors (Lipinski definition) is 1. The minimum Gasteiger partial charge on any atom is -0.480 e. The molecule has 6 heteroatoms. The Hall–Kier alpha value is -1.40. The monoisotopic (exact) mass is 264 g/mol. The summed E-state index contributed by atoms with van der Waals surface area (Å²) in [7, 11) is 0. The van der Waals surface area contributed by atoms with Crippen LogP contribution in [-0.4, -0.2) is 63.2 Å². The van der Waals surface area contributed by atoms with E-state index in [1.54, 1.807) is 0 Å². The standard InChI is InChI=1S/C13H20N4O2/c18-13(19)9-16-5-3-15(4-6-16)8-12-7-14-10-17(12)11-1-2-11/h7,10-11H,1-6,8-9H2,(H,18,19). The van der Waals surface area contributed by atoms with Crippen LogP contribution in [0.15, 0.2) is 12.5 Å². The van der Waals surface area contributed by atoms with E-state index in [0.29, 0.717) is 6.04 Å². The smallest absolute Gasteiger partial charge is 0.317 e. The summed E-state index contributed by atoms with van der Waals surface area (Å²) in [6.45, 7) is 4.63. The van der Waals surface area contributed by atoms with Gasteiger partial charge in [0.1, 0.15) is 0 Å². The van der Waals surface area contributed by atoms with Crippen LogP contribution in [0, 0.1) is 0 Å². The first-order valence-corrected chi connectivity index (χ1v) is 6.89.